The van der Waals surface area contributed by atoms with Crippen molar-refractivity contribution in [2.45, 2.75) is 26.2 Å². The van der Waals surface area contributed by atoms with Crippen LogP contribution in [0.2, 0.25) is 0 Å². The fourth-order valence-electron chi connectivity index (χ4n) is 5.31. The van der Waals surface area contributed by atoms with Crippen molar-refractivity contribution < 1.29 is 14.5 Å². The number of fused-ring (bicyclic) bond motifs is 1. The standard InChI is InChI=1S/C23H26N6O4/c1-15-3-5-17-18(13-15)22(31)28(21(17)30)16-4-6-19(20(14-16)29(32)33)26-9-11-27(12-10-26)23-24-7-2-8-25-23/h2,4,6-8,14-15,17-18H,3,5,9-13H2,1H3/t15-,17-,18-/m1/s1. The second-order valence-corrected chi connectivity index (χ2v) is 9.10. The molecule has 1 aliphatic carbocycles. The molecule has 0 bridgehead atoms. The van der Waals surface area contributed by atoms with E-state index in [0.717, 1.165) is 6.42 Å². The molecule has 3 aliphatic rings. The second kappa shape index (κ2) is 8.42. The van der Waals surface area contributed by atoms with Gasteiger partial charge in [0.15, 0.2) is 0 Å². The van der Waals surface area contributed by atoms with Crippen LogP contribution in [0.15, 0.2) is 36.7 Å². The lowest BCUT2D eigenvalue weighted by molar-refractivity contribution is -0.384. The number of rotatable bonds is 4. The van der Waals surface area contributed by atoms with E-state index in [2.05, 4.69) is 16.9 Å². The van der Waals surface area contributed by atoms with Gasteiger partial charge in [0.2, 0.25) is 17.8 Å². The third-order valence-electron chi connectivity index (χ3n) is 7.06. The summed E-state index contributed by atoms with van der Waals surface area (Å²) in [7, 11) is 0. The molecule has 1 aromatic heterocycles. The molecule has 0 radical (unpaired) electrons. The van der Waals surface area contributed by atoms with E-state index >= 15 is 0 Å². The summed E-state index contributed by atoms with van der Waals surface area (Å²) >= 11 is 0. The van der Waals surface area contributed by atoms with E-state index in [9.17, 15) is 19.7 Å². The van der Waals surface area contributed by atoms with E-state index in [-0.39, 0.29) is 29.3 Å². The topological polar surface area (TPSA) is 113 Å². The van der Waals surface area contributed by atoms with Crippen LogP contribution in [-0.4, -0.2) is 52.9 Å². The third kappa shape index (κ3) is 3.79. The van der Waals surface area contributed by atoms with E-state index in [4.69, 9.17) is 0 Å². The normalized spacial score (nSPS) is 25.4. The predicted octanol–water partition coefficient (Wildman–Crippen LogP) is 2.64. The van der Waals surface area contributed by atoms with Crippen molar-refractivity contribution in [3.63, 3.8) is 0 Å². The zero-order chi connectivity index (χ0) is 23.1. The molecule has 172 valence electrons. The average Bonchev–Trinajstić information content (AvgIpc) is 3.08. The Kier molecular flexibility index (Phi) is 5.43. The third-order valence-corrected chi connectivity index (χ3v) is 7.06. The molecule has 1 saturated carbocycles. The Bertz CT molecular complexity index is 1090. The predicted molar refractivity (Wildman–Crippen MR) is 122 cm³/mol. The summed E-state index contributed by atoms with van der Waals surface area (Å²) in [6, 6.07) is 6.45. The van der Waals surface area contributed by atoms with Crippen LogP contribution in [0, 0.1) is 27.9 Å². The van der Waals surface area contributed by atoms with Gasteiger partial charge in [-0.2, -0.15) is 0 Å². The van der Waals surface area contributed by atoms with Gasteiger partial charge in [0.1, 0.15) is 5.69 Å². The number of imide groups is 1. The first-order valence-electron chi connectivity index (χ1n) is 11.4. The first-order chi connectivity index (χ1) is 15.9. The highest BCUT2D eigenvalue weighted by molar-refractivity contribution is 6.22. The minimum atomic E-state index is -0.439. The first kappa shape index (κ1) is 21.3. The monoisotopic (exact) mass is 450 g/mol. The number of carbonyl (C=O) groups excluding carboxylic acids is 2. The SMILES string of the molecule is C[C@@H]1CC[C@H]2C(=O)N(c3ccc(N4CCN(c5ncccn5)CC4)c([N+](=O)[O-])c3)C(=O)[C@@H]2C1. The summed E-state index contributed by atoms with van der Waals surface area (Å²) < 4.78 is 0. The van der Waals surface area contributed by atoms with Crippen LogP contribution < -0.4 is 14.7 Å². The van der Waals surface area contributed by atoms with Crippen molar-refractivity contribution in [2.75, 3.05) is 40.9 Å². The van der Waals surface area contributed by atoms with Gasteiger partial charge in [-0.1, -0.05) is 6.92 Å². The molecular weight excluding hydrogens is 424 g/mol. The van der Waals surface area contributed by atoms with Gasteiger partial charge < -0.3 is 9.80 Å². The number of aromatic nitrogens is 2. The van der Waals surface area contributed by atoms with Crippen LogP contribution >= 0.6 is 0 Å². The molecule has 0 spiro atoms. The van der Waals surface area contributed by atoms with Gasteiger partial charge in [0.05, 0.1) is 22.4 Å². The van der Waals surface area contributed by atoms with Gasteiger partial charge >= 0.3 is 0 Å². The first-order valence-corrected chi connectivity index (χ1v) is 11.4. The van der Waals surface area contributed by atoms with Gasteiger partial charge in [0.25, 0.3) is 5.69 Å². The van der Waals surface area contributed by atoms with Gasteiger partial charge in [-0.15, -0.1) is 0 Å². The molecule has 3 atom stereocenters. The number of carbonyl (C=O) groups is 2. The number of piperazine rings is 1. The largest absolute Gasteiger partial charge is 0.362 e. The molecule has 0 N–H and O–H groups in total. The highest BCUT2D eigenvalue weighted by Crippen LogP contribution is 2.43. The van der Waals surface area contributed by atoms with Crippen molar-refractivity contribution >= 4 is 34.8 Å². The van der Waals surface area contributed by atoms with Crippen LogP contribution in [-0.2, 0) is 9.59 Å². The number of anilines is 3. The Hall–Kier alpha value is -3.56. The number of benzene rings is 1. The maximum Gasteiger partial charge on any atom is 0.294 e. The summed E-state index contributed by atoms with van der Waals surface area (Å²) in [6.07, 6.45) is 5.70. The van der Waals surface area contributed by atoms with Crippen LogP contribution in [0.4, 0.5) is 23.0 Å². The molecule has 2 saturated heterocycles. The summed E-state index contributed by atoms with van der Waals surface area (Å²) in [4.78, 5) is 51.3. The van der Waals surface area contributed by atoms with Crippen molar-refractivity contribution in [3.8, 4) is 0 Å². The Morgan fingerprint density at radius 3 is 2.33 bits per heavy atom. The van der Waals surface area contributed by atoms with Crippen LogP contribution in [0.1, 0.15) is 26.2 Å². The lowest BCUT2D eigenvalue weighted by atomic mass is 9.76. The van der Waals surface area contributed by atoms with E-state index in [1.807, 2.05) is 9.80 Å². The molecule has 2 aliphatic heterocycles. The number of nitro groups is 1. The number of hydrogen-bond donors (Lipinski definition) is 0. The van der Waals surface area contributed by atoms with E-state index < -0.39 is 4.92 Å². The van der Waals surface area contributed by atoms with Crippen molar-refractivity contribution in [3.05, 3.63) is 46.8 Å². The number of nitro benzene ring substituents is 1. The smallest absolute Gasteiger partial charge is 0.294 e. The average molecular weight is 450 g/mol. The molecule has 33 heavy (non-hydrogen) atoms. The minimum absolute atomic E-state index is 0.0965. The Morgan fingerprint density at radius 1 is 0.970 bits per heavy atom. The van der Waals surface area contributed by atoms with E-state index in [1.54, 1.807) is 30.6 Å². The molecule has 1 aromatic carbocycles. The molecule has 2 aromatic rings. The number of nitrogens with zero attached hydrogens (tertiary/aromatic N) is 6. The molecule has 10 nitrogen and oxygen atoms in total. The lowest BCUT2D eigenvalue weighted by Crippen LogP contribution is -2.47. The molecule has 3 heterocycles. The minimum Gasteiger partial charge on any atom is -0.362 e. The lowest BCUT2D eigenvalue weighted by Gasteiger charge is -2.35. The van der Waals surface area contributed by atoms with Crippen LogP contribution in [0.5, 0.6) is 0 Å². The maximum atomic E-state index is 13.0. The molecular formula is C23H26N6O4. The summed E-state index contributed by atoms with van der Waals surface area (Å²) in [5.74, 6) is -0.0251. The van der Waals surface area contributed by atoms with Gasteiger partial charge in [-0.3, -0.25) is 19.7 Å². The number of amides is 2. The molecule has 2 amide bonds. The molecule has 10 heteroatoms. The quantitative estimate of drug-likeness (QED) is 0.397. The highest BCUT2D eigenvalue weighted by Gasteiger charge is 2.50. The zero-order valence-corrected chi connectivity index (χ0v) is 18.5. The molecule has 5 rings (SSSR count). The second-order valence-electron chi connectivity index (χ2n) is 9.10. The molecule has 3 fully saturated rings. The molecule has 0 unspecified atom stereocenters. The fourth-order valence-corrected chi connectivity index (χ4v) is 5.31. The number of hydrogen-bond acceptors (Lipinski definition) is 8. The fraction of sp³-hybridized carbons (Fsp3) is 0.478. The highest BCUT2D eigenvalue weighted by atomic mass is 16.6. The Balaban J connectivity index is 1.38. The summed E-state index contributed by atoms with van der Waals surface area (Å²) in [5, 5.41) is 11.9. The van der Waals surface area contributed by atoms with Crippen LogP contribution in [0.3, 0.4) is 0 Å². The Labute approximate surface area is 191 Å². The zero-order valence-electron chi connectivity index (χ0n) is 18.5. The van der Waals surface area contributed by atoms with Crippen molar-refractivity contribution in [1.82, 2.24) is 9.97 Å². The Morgan fingerprint density at radius 2 is 1.64 bits per heavy atom. The van der Waals surface area contributed by atoms with Crippen LogP contribution in [0.25, 0.3) is 0 Å². The van der Waals surface area contributed by atoms with E-state index in [0.29, 0.717) is 62.3 Å². The van der Waals surface area contributed by atoms with Gasteiger partial charge in [0, 0.05) is 44.6 Å². The van der Waals surface area contributed by atoms with Crippen molar-refractivity contribution in [1.29, 1.82) is 0 Å². The van der Waals surface area contributed by atoms with Gasteiger partial charge in [-0.05, 0) is 43.4 Å². The summed E-state index contributed by atoms with van der Waals surface area (Å²) in [5.41, 5.74) is 0.682. The van der Waals surface area contributed by atoms with Gasteiger partial charge in [-0.25, -0.2) is 14.9 Å². The maximum absolute atomic E-state index is 13.0. The van der Waals surface area contributed by atoms with E-state index in [1.165, 1.54) is 11.0 Å². The van der Waals surface area contributed by atoms with Crippen molar-refractivity contribution in [2.24, 2.45) is 17.8 Å². The summed E-state index contributed by atoms with van der Waals surface area (Å²) in [6.45, 7) is 4.51.